The Balaban J connectivity index is 1.84. The highest BCUT2D eigenvalue weighted by atomic mass is 35.5. The van der Waals surface area contributed by atoms with Gasteiger partial charge in [0, 0.05) is 17.1 Å². The second kappa shape index (κ2) is 5.30. The van der Waals surface area contributed by atoms with Crippen LogP contribution in [0.4, 0.5) is 4.39 Å². The summed E-state index contributed by atoms with van der Waals surface area (Å²) in [5.41, 5.74) is -0.395. The zero-order chi connectivity index (χ0) is 15.0. The third kappa shape index (κ3) is 2.62. The van der Waals surface area contributed by atoms with Crippen molar-refractivity contribution in [2.45, 2.75) is 37.8 Å². The van der Waals surface area contributed by atoms with E-state index in [0.29, 0.717) is 23.4 Å². The summed E-state index contributed by atoms with van der Waals surface area (Å²) >= 11 is 5.73. The number of rotatable bonds is 2. The Morgan fingerprint density at radius 2 is 2.00 bits per heavy atom. The Bertz CT molecular complexity index is 599. The first-order valence-corrected chi connectivity index (χ1v) is 7.42. The third-order valence-electron chi connectivity index (χ3n) is 4.24. The predicted molar refractivity (Wildman–Crippen MR) is 76.2 cm³/mol. The molecule has 1 aromatic carbocycles. The maximum absolute atomic E-state index is 13.9. The number of hydrogen-bond acceptors (Lipinski definition) is 2. The molecule has 1 aromatic rings. The number of hydrogen-bond donors (Lipinski definition) is 1. The minimum atomic E-state index is -0.766. The van der Waals surface area contributed by atoms with Crippen molar-refractivity contribution in [1.29, 1.82) is 0 Å². The van der Waals surface area contributed by atoms with Gasteiger partial charge in [-0.3, -0.25) is 9.59 Å². The van der Waals surface area contributed by atoms with Gasteiger partial charge in [0.05, 0.1) is 6.54 Å². The highest BCUT2D eigenvalue weighted by Gasteiger charge is 2.48. The van der Waals surface area contributed by atoms with Gasteiger partial charge in [0.1, 0.15) is 11.4 Å². The maximum Gasteiger partial charge on any atom is 0.249 e. The van der Waals surface area contributed by atoms with Crippen LogP contribution in [0.25, 0.3) is 0 Å². The van der Waals surface area contributed by atoms with Gasteiger partial charge in [0.2, 0.25) is 11.8 Å². The van der Waals surface area contributed by atoms with Gasteiger partial charge in [-0.25, -0.2) is 4.39 Å². The molecule has 0 unspecified atom stereocenters. The smallest absolute Gasteiger partial charge is 0.249 e. The number of amides is 2. The molecule has 1 aliphatic carbocycles. The van der Waals surface area contributed by atoms with Gasteiger partial charge in [-0.2, -0.15) is 0 Å². The molecule has 1 saturated heterocycles. The second-order valence-electron chi connectivity index (χ2n) is 5.73. The van der Waals surface area contributed by atoms with Crippen molar-refractivity contribution >= 4 is 23.4 Å². The molecule has 4 nitrogen and oxygen atoms in total. The summed E-state index contributed by atoms with van der Waals surface area (Å²) in [4.78, 5) is 26.0. The Hall–Kier alpha value is -1.62. The lowest BCUT2D eigenvalue weighted by Gasteiger charge is -2.39. The molecule has 2 aliphatic rings. The van der Waals surface area contributed by atoms with Gasteiger partial charge in [0.25, 0.3) is 0 Å². The van der Waals surface area contributed by atoms with Crippen molar-refractivity contribution < 1.29 is 14.0 Å². The average molecular weight is 311 g/mol. The number of nitrogens with zero attached hydrogens (tertiary/aromatic N) is 1. The molecular formula is C15H16ClFN2O2. The first-order chi connectivity index (χ1) is 10.00. The molecule has 3 rings (SSSR count). The molecule has 1 saturated carbocycles. The minimum absolute atomic E-state index is 0.0251. The summed E-state index contributed by atoms with van der Waals surface area (Å²) in [6.07, 6.45) is 3.18. The molecule has 21 heavy (non-hydrogen) atoms. The lowest BCUT2D eigenvalue weighted by atomic mass is 9.93. The first-order valence-electron chi connectivity index (χ1n) is 7.04. The molecule has 0 bridgehead atoms. The van der Waals surface area contributed by atoms with Crippen molar-refractivity contribution in [3.8, 4) is 0 Å². The van der Waals surface area contributed by atoms with Crippen LogP contribution in [0.2, 0.25) is 5.02 Å². The molecule has 6 heteroatoms. The van der Waals surface area contributed by atoms with Crippen LogP contribution in [-0.4, -0.2) is 28.8 Å². The Kier molecular flexibility index (Phi) is 3.61. The highest BCUT2D eigenvalue weighted by molar-refractivity contribution is 6.30. The molecule has 0 atom stereocenters. The molecular weight excluding hydrogens is 295 g/mol. The summed E-state index contributed by atoms with van der Waals surface area (Å²) in [6, 6.07) is 4.36. The van der Waals surface area contributed by atoms with E-state index in [1.54, 1.807) is 12.1 Å². The third-order valence-corrected chi connectivity index (χ3v) is 4.48. The lowest BCUT2D eigenvalue weighted by Crippen LogP contribution is -2.65. The highest BCUT2D eigenvalue weighted by Crippen LogP contribution is 2.33. The summed E-state index contributed by atoms with van der Waals surface area (Å²) in [5.74, 6) is -0.735. The molecule has 1 heterocycles. The van der Waals surface area contributed by atoms with Crippen LogP contribution >= 0.6 is 11.6 Å². The van der Waals surface area contributed by atoms with Crippen LogP contribution in [0.3, 0.4) is 0 Å². The first kappa shape index (κ1) is 14.3. The normalized spacial score (nSPS) is 21.0. The van der Waals surface area contributed by atoms with Gasteiger partial charge < -0.3 is 10.2 Å². The molecule has 0 radical (unpaired) electrons. The monoisotopic (exact) mass is 310 g/mol. The van der Waals surface area contributed by atoms with E-state index in [0.717, 1.165) is 12.8 Å². The average Bonchev–Trinajstić information content (AvgIpc) is 2.88. The Morgan fingerprint density at radius 3 is 2.67 bits per heavy atom. The fourth-order valence-corrected chi connectivity index (χ4v) is 3.37. The summed E-state index contributed by atoms with van der Waals surface area (Å²) < 4.78 is 13.9. The zero-order valence-electron chi connectivity index (χ0n) is 11.5. The lowest BCUT2D eigenvalue weighted by molar-refractivity contribution is -0.150. The molecule has 2 amide bonds. The quantitative estimate of drug-likeness (QED) is 0.911. The van der Waals surface area contributed by atoms with Gasteiger partial charge in [-0.1, -0.05) is 30.5 Å². The number of halogens is 2. The van der Waals surface area contributed by atoms with Crippen molar-refractivity contribution in [2.24, 2.45) is 0 Å². The number of nitrogens with one attached hydrogen (secondary N) is 1. The number of carbonyl (C=O) groups excluding carboxylic acids is 2. The van der Waals surface area contributed by atoms with Crippen LogP contribution in [0.1, 0.15) is 31.2 Å². The predicted octanol–water partition coefficient (Wildman–Crippen LogP) is 2.25. The number of carbonyl (C=O) groups is 2. The summed E-state index contributed by atoms with van der Waals surface area (Å²) in [5, 5.41) is 3.15. The molecule has 0 aromatic heterocycles. The van der Waals surface area contributed by atoms with Crippen LogP contribution < -0.4 is 5.32 Å². The van der Waals surface area contributed by atoms with Crippen molar-refractivity contribution in [3.63, 3.8) is 0 Å². The molecule has 2 fully saturated rings. The van der Waals surface area contributed by atoms with E-state index >= 15 is 0 Å². The van der Waals surface area contributed by atoms with Crippen molar-refractivity contribution in [2.75, 3.05) is 6.54 Å². The van der Waals surface area contributed by atoms with Crippen molar-refractivity contribution in [1.82, 2.24) is 10.2 Å². The Labute approximate surface area is 127 Å². The maximum atomic E-state index is 13.9. The van der Waals surface area contributed by atoms with Gasteiger partial charge in [-0.05, 0) is 25.0 Å². The Morgan fingerprint density at radius 1 is 1.29 bits per heavy atom. The largest absolute Gasteiger partial charge is 0.340 e. The molecule has 112 valence electrons. The van der Waals surface area contributed by atoms with E-state index in [-0.39, 0.29) is 24.9 Å². The van der Waals surface area contributed by atoms with E-state index in [4.69, 9.17) is 11.6 Å². The van der Waals surface area contributed by atoms with Crippen LogP contribution in [0, 0.1) is 5.82 Å². The summed E-state index contributed by atoms with van der Waals surface area (Å²) in [6.45, 7) is 0.0691. The summed E-state index contributed by atoms with van der Waals surface area (Å²) in [7, 11) is 0. The number of piperazine rings is 1. The van der Waals surface area contributed by atoms with Gasteiger partial charge in [-0.15, -0.1) is 0 Å². The van der Waals surface area contributed by atoms with Crippen LogP contribution in [-0.2, 0) is 16.1 Å². The molecule has 1 aliphatic heterocycles. The second-order valence-corrected chi connectivity index (χ2v) is 6.17. The van der Waals surface area contributed by atoms with Crippen LogP contribution in [0.15, 0.2) is 18.2 Å². The van der Waals surface area contributed by atoms with Gasteiger partial charge in [0.15, 0.2) is 0 Å². The SMILES string of the molecule is O=C1CN(Cc2ccc(Cl)cc2F)C(=O)C2(CCCC2)N1. The van der Waals surface area contributed by atoms with Gasteiger partial charge >= 0.3 is 0 Å². The van der Waals surface area contributed by atoms with E-state index in [1.807, 2.05) is 0 Å². The minimum Gasteiger partial charge on any atom is -0.340 e. The fraction of sp³-hybridized carbons (Fsp3) is 0.467. The molecule has 1 spiro atoms. The van der Waals surface area contributed by atoms with E-state index < -0.39 is 11.4 Å². The standard InChI is InChI=1S/C15H16ClFN2O2/c16-11-4-3-10(12(17)7-11)8-19-9-13(20)18-15(14(19)21)5-1-2-6-15/h3-4,7H,1-2,5-6,8-9H2,(H,18,20). The van der Waals surface area contributed by atoms with Crippen LogP contribution in [0.5, 0.6) is 0 Å². The van der Waals surface area contributed by atoms with E-state index in [9.17, 15) is 14.0 Å². The zero-order valence-corrected chi connectivity index (χ0v) is 12.3. The molecule has 1 N–H and O–H groups in total. The number of benzene rings is 1. The van der Waals surface area contributed by atoms with E-state index in [2.05, 4.69) is 5.32 Å². The van der Waals surface area contributed by atoms with Crippen molar-refractivity contribution in [3.05, 3.63) is 34.6 Å². The fourth-order valence-electron chi connectivity index (χ4n) is 3.21. The topological polar surface area (TPSA) is 49.4 Å². The van der Waals surface area contributed by atoms with E-state index in [1.165, 1.54) is 11.0 Å².